The molecule has 1 unspecified atom stereocenters. The number of hydrogen-bond acceptors (Lipinski definition) is 4. The maximum Gasteiger partial charge on any atom is 0.373 e. The van der Waals surface area contributed by atoms with Crippen molar-refractivity contribution in [3.8, 4) is 0 Å². The minimum absolute atomic E-state index is 0.203. The van der Waals surface area contributed by atoms with Crippen molar-refractivity contribution in [3.05, 3.63) is 23.7 Å². The Hall–Kier alpha value is -1.29. The zero-order valence-corrected chi connectivity index (χ0v) is 11.8. The SMILES string of the molecule is COC(=O)c1ccc(C(N)C(C(C)C)C(C)C)o1. The van der Waals surface area contributed by atoms with Crippen LogP contribution >= 0.6 is 0 Å². The molecule has 18 heavy (non-hydrogen) atoms. The Kier molecular flexibility index (Phi) is 4.96. The summed E-state index contributed by atoms with van der Waals surface area (Å²) < 4.78 is 10.1. The van der Waals surface area contributed by atoms with Crippen molar-refractivity contribution < 1.29 is 13.9 Å². The van der Waals surface area contributed by atoms with Crippen LogP contribution in [0.5, 0.6) is 0 Å². The Labute approximate surface area is 108 Å². The van der Waals surface area contributed by atoms with E-state index in [4.69, 9.17) is 10.2 Å². The van der Waals surface area contributed by atoms with Gasteiger partial charge in [-0.3, -0.25) is 0 Å². The van der Waals surface area contributed by atoms with Crippen molar-refractivity contribution >= 4 is 5.97 Å². The molecule has 0 fully saturated rings. The first kappa shape index (κ1) is 14.8. The summed E-state index contributed by atoms with van der Waals surface area (Å²) in [6.07, 6.45) is 0. The quantitative estimate of drug-likeness (QED) is 0.819. The highest BCUT2D eigenvalue weighted by Gasteiger charge is 2.28. The van der Waals surface area contributed by atoms with E-state index in [1.54, 1.807) is 12.1 Å². The van der Waals surface area contributed by atoms with Gasteiger partial charge in [-0.2, -0.15) is 0 Å². The van der Waals surface area contributed by atoms with Crippen LogP contribution in [0.15, 0.2) is 16.5 Å². The molecule has 0 radical (unpaired) electrons. The third-order valence-electron chi connectivity index (χ3n) is 3.30. The lowest BCUT2D eigenvalue weighted by atomic mass is 9.79. The molecule has 0 aromatic carbocycles. The number of ether oxygens (including phenoxy) is 1. The van der Waals surface area contributed by atoms with Crippen LogP contribution in [0.3, 0.4) is 0 Å². The monoisotopic (exact) mass is 253 g/mol. The second-order valence-corrected chi connectivity index (χ2v) is 5.28. The summed E-state index contributed by atoms with van der Waals surface area (Å²) in [5.74, 6) is 1.58. The van der Waals surface area contributed by atoms with Crippen LogP contribution in [0.4, 0.5) is 0 Å². The van der Waals surface area contributed by atoms with E-state index in [-0.39, 0.29) is 11.8 Å². The van der Waals surface area contributed by atoms with Crippen LogP contribution in [-0.4, -0.2) is 13.1 Å². The van der Waals surface area contributed by atoms with Crippen LogP contribution < -0.4 is 5.73 Å². The molecule has 0 amide bonds. The Morgan fingerprint density at radius 1 is 1.22 bits per heavy atom. The number of carbonyl (C=O) groups excluding carboxylic acids is 1. The van der Waals surface area contributed by atoms with Gasteiger partial charge in [-0.05, 0) is 29.9 Å². The van der Waals surface area contributed by atoms with Gasteiger partial charge in [0.1, 0.15) is 5.76 Å². The van der Waals surface area contributed by atoms with E-state index in [1.807, 2.05) is 0 Å². The summed E-state index contributed by atoms with van der Waals surface area (Å²) in [5.41, 5.74) is 6.25. The van der Waals surface area contributed by atoms with Crippen molar-refractivity contribution in [2.75, 3.05) is 7.11 Å². The number of esters is 1. The average molecular weight is 253 g/mol. The van der Waals surface area contributed by atoms with E-state index in [9.17, 15) is 4.79 Å². The topological polar surface area (TPSA) is 65.5 Å². The average Bonchev–Trinajstić information content (AvgIpc) is 2.76. The summed E-state index contributed by atoms with van der Waals surface area (Å²) in [6, 6.07) is 3.16. The summed E-state index contributed by atoms with van der Waals surface area (Å²) in [7, 11) is 1.33. The molecular weight excluding hydrogens is 230 g/mol. The number of methoxy groups -OCH3 is 1. The maximum absolute atomic E-state index is 11.3. The first-order valence-corrected chi connectivity index (χ1v) is 6.32. The van der Waals surface area contributed by atoms with E-state index >= 15 is 0 Å². The molecule has 0 bridgehead atoms. The van der Waals surface area contributed by atoms with E-state index < -0.39 is 5.97 Å². The van der Waals surface area contributed by atoms with E-state index in [0.717, 1.165) is 0 Å². The Bertz CT molecular complexity index is 387. The predicted octanol–water partition coefficient (Wildman–Crippen LogP) is 2.99. The van der Waals surface area contributed by atoms with Crippen LogP contribution in [0.1, 0.15) is 50.1 Å². The van der Waals surface area contributed by atoms with E-state index in [1.165, 1.54) is 7.11 Å². The van der Waals surface area contributed by atoms with Crippen molar-refractivity contribution in [1.29, 1.82) is 0 Å². The van der Waals surface area contributed by atoms with Crippen molar-refractivity contribution in [2.24, 2.45) is 23.5 Å². The van der Waals surface area contributed by atoms with Gasteiger partial charge in [0.05, 0.1) is 13.2 Å². The number of nitrogens with two attached hydrogens (primary N) is 1. The van der Waals surface area contributed by atoms with Crippen molar-refractivity contribution in [2.45, 2.75) is 33.7 Å². The van der Waals surface area contributed by atoms with Gasteiger partial charge in [0.2, 0.25) is 5.76 Å². The van der Waals surface area contributed by atoms with Gasteiger partial charge in [-0.25, -0.2) is 4.79 Å². The lowest BCUT2D eigenvalue weighted by Crippen LogP contribution is -2.29. The second kappa shape index (κ2) is 6.05. The molecule has 0 spiro atoms. The molecule has 4 heteroatoms. The third-order valence-corrected chi connectivity index (χ3v) is 3.30. The van der Waals surface area contributed by atoms with Crippen molar-refractivity contribution in [1.82, 2.24) is 0 Å². The van der Waals surface area contributed by atoms with Crippen molar-refractivity contribution in [3.63, 3.8) is 0 Å². The zero-order chi connectivity index (χ0) is 13.9. The van der Waals surface area contributed by atoms with Gasteiger partial charge < -0.3 is 14.9 Å². The standard InChI is InChI=1S/C14H23NO3/c1-8(2)12(9(3)4)13(15)10-6-7-11(18-10)14(16)17-5/h6-9,12-13H,15H2,1-5H3. The van der Waals surface area contributed by atoms with Gasteiger partial charge in [0.15, 0.2) is 0 Å². The number of furan rings is 1. The zero-order valence-electron chi connectivity index (χ0n) is 11.8. The van der Waals surface area contributed by atoms with Gasteiger partial charge in [0, 0.05) is 0 Å². The lowest BCUT2D eigenvalue weighted by molar-refractivity contribution is 0.0560. The highest BCUT2D eigenvalue weighted by molar-refractivity contribution is 5.86. The minimum atomic E-state index is -0.473. The molecule has 0 aliphatic rings. The highest BCUT2D eigenvalue weighted by Crippen LogP contribution is 2.33. The van der Waals surface area contributed by atoms with Crippen LogP contribution in [0, 0.1) is 17.8 Å². The third kappa shape index (κ3) is 3.13. The molecule has 0 saturated heterocycles. The minimum Gasteiger partial charge on any atom is -0.463 e. The Morgan fingerprint density at radius 3 is 2.22 bits per heavy atom. The summed E-state index contributed by atoms with van der Waals surface area (Å²) in [5, 5.41) is 0. The maximum atomic E-state index is 11.3. The summed E-state index contributed by atoms with van der Waals surface area (Å²) in [6.45, 7) is 8.59. The van der Waals surface area contributed by atoms with Crippen LogP contribution in [-0.2, 0) is 4.74 Å². The molecule has 1 atom stereocenters. The molecule has 1 rings (SSSR count). The first-order chi connectivity index (χ1) is 8.38. The Balaban J connectivity index is 2.92. The molecule has 0 saturated carbocycles. The first-order valence-electron chi connectivity index (χ1n) is 6.32. The highest BCUT2D eigenvalue weighted by atomic mass is 16.5. The molecular formula is C14H23NO3. The number of carbonyl (C=O) groups is 1. The van der Waals surface area contributed by atoms with Gasteiger partial charge in [-0.1, -0.05) is 27.7 Å². The number of rotatable bonds is 5. The van der Waals surface area contributed by atoms with E-state index in [2.05, 4.69) is 32.4 Å². The fourth-order valence-electron chi connectivity index (χ4n) is 2.53. The molecule has 1 aromatic rings. The fourth-order valence-corrected chi connectivity index (χ4v) is 2.53. The summed E-state index contributed by atoms with van der Waals surface area (Å²) in [4.78, 5) is 11.3. The largest absolute Gasteiger partial charge is 0.463 e. The molecule has 1 heterocycles. The van der Waals surface area contributed by atoms with E-state index in [0.29, 0.717) is 23.5 Å². The fraction of sp³-hybridized carbons (Fsp3) is 0.643. The molecule has 1 aromatic heterocycles. The molecule has 0 aliphatic carbocycles. The number of hydrogen-bond donors (Lipinski definition) is 1. The van der Waals surface area contributed by atoms with Gasteiger partial charge in [-0.15, -0.1) is 0 Å². The van der Waals surface area contributed by atoms with Crippen LogP contribution in [0.25, 0.3) is 0 Å². The smallest absolute Gasteiger partial charge is 0.373 e. The second-order valence-electron chi connectivity index (χ2n) is 5.28. The van der Waals surface area contributed by atoms with Gasteiger partial charge >= 0.3 is 5.97 Å². The lowest BCUT2D eigenvalue weighted by Gasteiger charge is -2.29. The molecule has 4 nitrogen and oxygen atoms in total. The Morgan fingerprint density at radius 2 is 1.78 bits per heavy atom. The summed E-state index contributed by atoms with van der Waals surface area (Å²) >= 11 is 0. The van der Waals surface area contributed by atoms with Gasteiger partial charge in [0.25, 0.3) is 0 Å². The molecule has 102 valence electrons. The molecule has 0 aliphatic heterocycles. The van der Waals surface area contributed by atoms with Crippen LogP contribution in [0.2, 0.25) is 0 Å². The normalized spacial score (nSPS) is 13.4. The molecule has 2 N–H and O–H groups in total. The predicted molar refractivity (Wildman–Crippen MR) is 70.1 cm³/mol.